The highest BCUT2D eigenvalue weighted by Crippen LogP contribution is 2.35. The third kappa shape index (κ3) is 3.97. The molecule has 4 rings (SSSR count). The average molecular weight is 391 g/mol. The van der Waals surface area contributed by atoms with Crippen LogP contribution in [0.25, 0.3) is 32.5 Å². The molecule has 4 aromatic rings. The van der Waals surface area contributed by atoms with E-state index in [-0.39, 0.29) is 0 Å². The molecule has 2 aromatic heterocycles. The Morgan fingerprint density at radius 2 is 1.64 bits per heavy atom. The van der Waals surface area contributed by atoms with Crippen molar-refractivity contribution in [3.8, 4) is 32.5 Å². The first-order valence-corrected chi connectivity index (χ1v) is 10.3. The molecule has 28 heavy (non-hydrogen) atoms. The van der Waals surface area contributed by atoms with Crippen LogP contribution in [0, 0.1) is 6.92 Å². The van der Waals surface area contributed by atoms with Crippen LogP contribution >= 0.6 is 11.3 Å². The third-order valence-corrected chi connectivity index (χ3v) is 5.66. The molecule has 0 spiro atoms. The van der Waals surface area contributed by atoms with Crippen molar-refractivity contribution >= 4 is 17.4 Å². The molecular weight excluding hydrogens is 368 g/mol. The lowest BCUT2D eigenvalue weighted by Crippen LogP contribution is -2.00. The largest absolute Gasteiger partial charge is 0.402 e. The molecule has 5 nitrogen and oxygen atoms in total. The Morgan fingerprint density at radius 1 is 0.929 bits per heavy atom. The van der Waals surface area contributed by atoms with E-state index in [1.165, 1.54) is 11.1 Å². The normalized spacial score (nSPS) is 10.9. The predicted octanol–water partition coefficient (Wildman–Crippen LogP) is 6.05. The molecule has 2 aromatic carbocycles. The van der Waals surface area contributed by atoms with Crippen LogP contribution in [0.5, 0.6) is 0 Å². The average Bonchev–Trinajstić information content (AvgIpc) is 3.35. The number of unbranched alkanes of at least 4 members (excludes halogenated alkanes) is 1. The van der Waals surface area contributed by atoms with E-state index >= 15 is 0 Å². The van der Waals surface area contributed by atoms with E-state index in [0.717, 1.165) is 40.5 Å². The molecule has 0 aliphatic rings. The van der Waals surface area contributed by atoms with Gasteiger partial charge in [-0.05, 0) is 24.5 Å². The van der Waals surface area contributed by atoms with E-state index in [9.17, 15) is 0 Å². The van der Waals surface area contributed by atoms with Gasteiger partial charge in [0, 0.05) is 12.1 Å². The molecule has 1 N–H and O–H groups in total. The first-order chi connectivity index (χ1) is 13.7. The summed E-state index contributed by atoms with van der Waals surface area (Å²) >= 11 is 1.57. The molecule has 0 saturated heterocycles. The molecule has 0 amide bonds. The molecule has 0 unspecified atom stereocenters. The fraction of sp³-hybridized carbons (Fsp3) is 0.227. The molecule has 6 heteroatoms. The Morgan fingerprint density at radius 3 is 2.39 bits per heavy atom. The SMILES string of the molecule is CCCCNc1nnc(-c2sc(-c3ccc(-c4ccccc4)cc3)nc2C)o1. The number of aryl methyl sites for hydroxylation is 1. The number of rotatable bonds is 7. The topological polar surface area (TPSA) is 63.8 Å². The molecule has 0 radical (unpaired) electrons. The number of thiazole rings is 1. The lowest BCUT2D eigenvalue weighted by atomic mass is 10.0. The van der Waals surface area contributed by atoms with Gasteiger partial charge in [0.15, 0.2) is 0 Å². The van der Waals surface area contributed by atoms with Gasteiger partial charge in [0.2, 0.25) is 0 Å². The van der Waals surface area contributed by atoms with Gasteiger partial charge in [-0.15, -0.1) is 16.4 Å². The second kappa shape index (κ2) is 8.35. The lowest BCUT2D eigenvalue weighted by Gasteiger charge is -2.02. The summed E-state index contributed by atoms with van der Waals surface area (Å²) in [5.41, 5.74) is 4.38. The number of nitrogens with zero attached hydrogens (tertiary/aromatic N) is 3. The number of anilines is 1. The molecule has 0 fully saturated rings. The van der Waals surface area contributed by atoms with Crippen LogP contribution in [0.3, 0.4) is 0 Å². The zero-order valence-corrected chi connectivity index (χ0v) is 16.8. The van der Waals surface area contributed by atoms with Crippen molar-refractivity contribution in [3.05, 3.63) is 60.3 Å². The molecule has 0 saturated carbocycles. The summed E-state index contributed by atoms with van der Waals surface area (Å²) in [6.07, 6.45) is 2.19. The molecule has 2 heterocycles. The van der Waals surface area contributed by atoms with Gasteiger partial charge in [-0.1, -0.05) is 73.0 Å². The second-order valence-electron chi connectivity index (χ2n) is 6.57. The highest BCUT2D eigenvalue weighted by atomic mass is 32.1. The van der Waals surface area contributed by atoms with Crippen LogP contribution in [0.15, 0.2) is 59.0 Å². The lowest BCUT2D eigenvalue weighted by molar-refractivity contribution is 0.580. The van der Waals surface area contributed by atoms with Crippen LogP contribution in [0.4, 0.5) is 6.01 Å². The van der Waals surface area contributed by atoms with Crippen LogP contribution in [-0.2, 0) is 0 Å². The predicted molar refractivity (Wildman–Crippen MR) is 114 cm³/mol. The fourth-order valence-corrected chi connectivity index (χ4v) is 3.91. The highest BCUT2D eigenvalue weighted by molar-refractivity contribution is 7.18. The van der Waals surface area contributed by atoms with Gasteiger partial charge in [-0.2, -0.15) is 0 Å². The van der Waals surface area contributed by atoms with Crippen molar-refractivity contribution in [2.45, 2.75) is 26.7 Å². The van der Waals surface area contributed by atoms with E-state index in [1.54, 1.807) is 11.3 Å². The minimum atomic E-state index is 0.463. The number of hydrogen-bond acceptors (Lipinski definition) is 6. The van der Waals surface area contributed by atoms with Crippen LogP contribution in [0.2, 0.25) is 0 Å². The molecule has 0 atom stereocenters. The van der Waals surface area contributed by atoms with Gasteiger partial charge in [0.25, 0.3) is 5.89 Å². The first-order valence-electron chi connectivity index (χ1n) is 9.45. The molecule has 0 bridgehead atoms. The quantitative estimate of drug-likeness (QED) is 0.389. The van der Waals surface area contributed by atoms with Gasteiger partial charge in [0.1, 0.15) is 9.88 Å². The van der Waals surface area contributed by atoms with Gasteiger partial charge < -0.3 is 9.73 Å². The van der Waals surface area contributed by atoms with Crippen molar-refractivity contribution in [1.82, 2.24) is 15.2 Å². The maximum Gasteiger partial charge on any atom is 0.315 e. The first kappa shape index (κ1) is 18.4. The Balaban J connectivity index is 1.54. The van der Waals surface area contributed by atoms with Crippen molar-refractivity contribution in [1.29, 1.82) is 0 Å². The van der Waals surface area contributed by atoms with Gasteiger partial charge >= 0.3 is 6.01 Å². The van der Waals surface area contributed by atoms with Crippen molar-refractivity contribution in [2.24, 2.45) is 0 Å². The van der Waals surface area contributed by atoms with Crippen molar-refractivity contribution in [2.75, 3.05) is 11.9 Å². The van der Waals surface area contributed by atoms with E-state index < -0.39 is 0 Å². The molecule has 0 aliphatic carbocycles. The Kier molecular flexibility index (Phi) is 5.48. The molecule has 0 aliphatic heterocycles. The van der Waals surface area contributed by atoms with E-state index in [0.29, 0.717) is 11.9 Å². The summed E-state index contributed by atoms with van der Waals surface area (Å²) in [6.45, 7) is 4.95. The van der Waals surface area contributed by atoms with E-state index in [2.05, 4.69) is 71.0 Å². The van der Waals surface area contributed by atoms with Gasteiger partial charge in [-0.3, -0.25) is 0 Å². The Hall–Kier alpha value is -2.99. The van der Waals surface area contributed by atoms with Crippen molar-refractivity contribution < 1.29 is 4.42 Å². The number of aromatic nitrogens is 3. The third-order valence-electron chi connectivity index (χ3n) is 4.46. The van der Waals surface area contributed by atoms with Crippen LogP contribution < -0.4 is 5.32 Å². The summed E-state index contributed by atoms with van der Waals surface area (Å²) in [5, 5.41) is 12.4. The smallest absolute Gasteiger partial charge is 0.315 e. The minimum Gasteiger partial charge on any atom is -0.402 e. The monoisotopic (exact) mass is 390 g/mol. The standard InChI is InChI=1S/C22H22N4OS/c1-3-4-14-23-22-26-25-20(27-22)19-15(2)24-21(28-19)18-12-10-17(11-13-18)16-8-6-5-7-9-16/h5-13H,3-4,14H2,1-2H3,(H,23,26). The van der Waals surface area contributed by atoms with Gasteiger partial charge in [-0.25, -0.2) is 4.98 Å². The van der Waals surface area contributed by atoms with E-state index in [1.807, 2.05) is 13.0 Å². The second-order valence-corrected chi connectivity index (χ2v) is 7.57. The number of benzene rings is 2. The van der Waals surface area contributed by atoms with Crippen molar-refractivity contribution in [3.63, 3.8) is 0 Å². The number of nitrogens with one attached hydrogen (secondary N) is 1. The number of hydrogen-bond donors (Lipinski definition) is 1. The fourth-order valence-electron chi connectivity index (χ4n) is 2.91. The summed E-state index contributed by atoms with van der Waals surface area (Å²) in [6, 6.07) is 19.3. The summed E-state index contributed by atoms with van der Waals surface area (Å²) < 4.78 is 5.76. The maximum atomic E-state index is 5.76. The maximum absolute atomic E-state index is 5.76. The zero-order valence-electron chi connectivity index (χ0n) is 16.0. The Labute approximate surface area is 168 Å². The molecule has 142 valence electrons. The van der Waals surface area contributed by atoms with E-state index in [4.69, 9.17) is 9.40 Å². The van der Waals surface area contributed by atoms with Gasteiger partial charge in [0.05, 0.1) is 5.69 Å². The summed E-state index contributed by atoms with van der Waals surface area (Å²) in [5.74, 6) is 0.515. The summed E-state index contributed by atoms with van der Waals surface area (Å²) in [7, 11) is 0. The minimum absolute atomic E-state index is 0.463. The molecular formula is C22H22N4OS. The van der Waals surface area contributed by atoms with Crippen LogP contribution in [-0.4, -0.2) is 21.7 Å². The Bertz CT molecular complexity index is 1040. The van der Waals surface area contributed by atoms with Crippen LogP contribution in [0.1, 0.15) is 25.5 Å². The zero-order chi connectivity index (χ0) is 19.3. The highest BCUT2D eigenvalue weighted by Gasteiger charge is 2.17. The summed E-state index contributed by atoms with van der Waals surface area (Å²) in [4.78, 5) is 5.63.